The van der Waals surface area contributed by atoms with Gasteiger partial charge in [0, 0.05) is 20.0 Å². The first-order chi connectivity index (χ1) is 15.1. The number of nitrogens with zero attached hydrogens (tertiary/aromatic N) is 1. The van der Waals surface area contributed by atoms with Gasteiger partial charge >= 0.3 is 0 Å². The minimum Gasteiger partial charge on any atom is -0.454 e. The molecule has 3 aromatic carbocycles. The Labute approximate surface area is 181 Å². The normalized spacial score (nSPS) is 12.8. The van der Waals surface area contributed by atoms with Crippen LogP contribution in [-0.4, -0.2) is 23.5 Å². The molecular weight excluding hydrogens is 392 g/mol. The van der Waals surface area contributed by atoms with E-state index in [-0.39, 0.29) is 18.6 Å². The van der Waals surface area contributed by atoms with E-state index < -0.39 is 6.04 Å². The van der Waals surface area contributed by atoms with E-state index in [0.29, 0.717) is 24.6 Å². The largest absolute Gasteiger partial charge is 0.454 e. The Hall–Kier alpha value is -3.80. The second kappa shape index (κ2) is 9.34. The number of hydrogen-bond donors (Lipinski definition) is 1. The highest BCUT2D eigenvalue weighted by Crippen LogP contribution is 2.32. The summed E-state index contributed by atoms with van der Waals surface area (Å²) in [7, 11) is 0. The van der Waals surface area contributed by atoms with Crippen molar-refractivity contribution in [1.82, 2.24) is 10.2 Å². The van der Waals surface area contributed by atoms with Crippen molar-refractivity contribution >= 4 is 11.8 Å². The second-order valence-electron chi connectivity index (χ2n) is 7.35. The van der Waals surface area contributed by atoms with E-state index in [0.717, 1.165) is 16.7 Å². The lowest BCUT2D eigenvalue weighted by Gasteiger charge is -2.30. The molecule has 3 aromatic rings. The van der Waals surface area contributed by atoms with Gasteiger partial charge in [0.25, 0.3) is 0 Å². The van der Waals surface area contributed by atoms with Gasteiger partial charge in [0.1, 0.15) is 6.04 Å². The van der Waals surface area contributed by atoms with Crippen molar-refractivity contribution in [3.05, 3.63) is 95.6 Å². The van der Waals surface area contributed by atoms with Crippen LogP contribution >= 0.6 is 0 Å². The summed E-state index contributed by atoms with van der Waals surface area (Å²) in [5.74, 6) is 0.953. The molecule has 0 aliphatic carbocycles. The van der Waals surface area contributed by atoms with Gasteiger partial charge in [-0.2, -0.15) is 0 Å². The van der Waals surface area contributed by atoms with Crippen LogP contribution in [0.4, 0.5) is 0 Å². The van der Waals surface area contributed by atoms with E-state index in [1.807, 2.05) is 78.9 Å². The second-order valence-corrected chi connectivity index (χ2v) is 7.35. The number of rotatable bonds is 7. The molecule has 4 rings (SSSR count). The first-order valence-corrected chi connectivity index (χ1v) is 10.1. The quantitative estimate of drug-likeness (QED) is 0.636. The van der Waals surface area contributed by atoms with Crippen LogP contribution in [0.2, 0.25) is 0 Å². The maximum Gasteiger partial charge on any atom is 0.247 e. The summed E-state index contributed by atoms with van der Waals surface area (Å²) in [6.45, 7) is 2.35. The molecule has 1 aliphatic rings. The van der Waals surface area contributed by atoms with Gasteiger partial charge in [0.05, 0.1) is 0 Å². The van der Waals surface area contributed by atoms with Gasteiger partial charge < -0.3 is 19.7 Å². The Morgan fingerprint density at radius 1 is 0.903 bits per heavy atom. The Balaban J connectivity index is 1.56. The number of carbonyl (C=O) groups is 2. The minimum atomic E-state index is -0.743. The molecule has 0 saturated carbocycles. The summed E-state index contributed by atoms with van der Waals surface area (Å²) in [6.07, 6.45) is 0. The lowest BCUT2D eigenvalue weighted by Crippen LogP contribution is -2.42. The van der Waals surface area contributed by atoms with Crippen LogP contribution in [0.15, 0.2) is 78.9 Å². The van der Waals surface area contributed by atoms with Crippen LogP contribution in [-0.2, 0) is 22.7 Å². The summed E-state index contributed by atoms with van der Waals surface area (Å²) in [5.41, 5.74) is 2.61. The van der Waals surface area contributed by atoms with E-state index >= 15 is 0 Å². The molecule has 0 fully saturated rings. The number of carbonyl (C=O) groups excluding carboxylic acids is 2. The van der Waals surface area contributed by atoms with Gasteiger partial charge in [-0.15, -0.1) is 0 Å². The van der Waals surface area contributed by atoms with Crippen LogP contribution in [0, 0.1) is 0 Å². The predicted octanol–water partition coefficient (Wildman–Crippen LogP) is 3.82. The summed E-state index contributed by atoms with van der Waals surface area (Å²) < 4.78 is 10.7. The Bertz CT molecular complexity index is 1050. The molecule has 2 amide bonds. The molecule has 31 heavy (non-hydrogen) atoms. The highest BCUT2D eigenvalue weighted by atomic mass is 16.7. The Kier molecular flexibility index (Phi) is 6.17. The van der Waals surface area contributed by atoms with Gasteiger partial charge in [-0.1, -0.05) is 66.7 Å². The van der Waals surface area contributed by atoms with Gasteiger partial charge in [0.15, 0.2) is 11.5 Å². The number of hydrogen-bond acceptors (Lipinski definition) is 4. The highest BCUT2D eigenvalue weighted by Gasteiger charge is 2.29. The average molecular weight is 416 g/mol. The maximum absolute atomic E-state index is 13.3. The molecule has 1 aliphatic heterocycles. The van der Waals surface area contributed by atoms with Crippen molar-refractivity contribution < 1.29 is 19.1 Å². The minimum absolute atomic E-state index is 0.170. The lowest BCUT2D eigenvalue weighted by atomic mass is 10.0. The number of fused-ring (bicyclic) bond motifs is 1. The average Bonchev–Trinajstić information content (AvgIpc) is 3.26. The molecular formula is C25H24N2O4. The highest BCUT2D eigenvalue weighted by molar-refractivity contribution is 5.88. The van der Waals surface area contributed by atoms with Crippen molar-refractivity contribution in [1.29, 1.82) is 0 Å². The summed E-state index contributed by atoms with van der Waals surface area (Å²) in [6, 6.07) is 23.9. The summed E-state index contributed by atoms with van der Waals surface area (Å²) in [5, 5.41) is 2.98. The molecule has 158 valence electrons. The summed E-state index contributed by atoms with van der Waals surface area (Å²) in [4.78, 5) is 27.5. The van der Waals surface area contributed by atoms with Crippen molar-refractivity contribution in [2.24, 2.45) is 0 Å². The molecule has 1 heterocycles. The fraction of sp³-hybridized carbons (Fsp3) is 0.200. The van der Waals surface area contributed by atoms with Crippen LogP contribution in [0.1, 0.15) is 29.7 Å². The van der Waals surface area contributed by atoms with Crippen LogP contribution < -0.4 is 14.8 Å². The zero-order valence-electron chi connectivity index (χ0n) is 17.3. The van der Waals surface area contributed by atoms with E-state index in [1.54, 1.807) is 4.90 Å². The number of ether oxygens (including phenoxy) is 2. The molecule has 0 unspecified atom stereocenters. The van der Waals surface area contributed by atoms with Gasteiger partial charge in [-0.25, -0.2) is 0 Å². The van der Waals surface area contributed by atoms with Gasteiger partial charge in [0.2, 0.25) is 18.6 Å². The molecule has 0 saturated heterocycles. The molecule has 0 radical (unpaired) electrons. The standard InChI is InChI=1S/C25H24N2O4/c1-18(28)27(16-19-8-4-2-5-9-19)24(21-10-6-3-7-11-21)25(29)26-15-20-12-13-22-23(14-20)31-17-30-22/h2-14,24H,15-17H2,1H3,(H,26,29)/t24-/m0/s1. The van der Waals surface area contributed by atoms with Crippen LogP contribution in [0.25, 0.3) is 0 Å². The van der Waals surface area contributed by atoms with Crippen molar-refractivity contribution in [3.63, 3.8) is 0 Å². The molecule has 6 nitrogen and oxygen atoms in total. The van der Waals surface area contributed by atoms with Crippen LogP contribution in [0.3, 0.4) is 0 Å². The topological polar surface area (TPSA) is 67.9 Å². The van der Waals surface area contributed by atoms with E-state index in [9.17, 15) is 9.59 Å². The first kappa shape index (κ1) is 20.5. The molecule has 6 heteroatoms. The smallest absolute Gasteiger partial charge is 0.247 e. The lowest BCUT2D eigenvalue weighted by molar-refractivity contribution is -0.140. The fourth-order valence-electron chi connectivity index (χ4n) is 3.61. The molecule has 1 atom stereocenters. The maximum atomic E-state index is 13.3. The Morgan fingerprint density at radius 2 is 1.58 bits per heavy atom. The van der Waals surface area contributed by atoms with Crippen LogP contribution in [0.5, 0.6) is 11.5 Å². The monoisotopic (exact) mass is 416 g/mol. The third-order valence-corrected chi connectivity index (χ3v) is 5.18. The number of benzene rings is 3. The SMILES string of the molecule is CC(=O)N(Cc1ccccc1)[C@H](C(=O)NCc1ccc2c(c1)OCO2)c1ccccc1. The number of amides is 2. The number of nitrogens with one attached hydrogen (secondary N) is 1. The molecule has 0 aromatic heterocycles. The van der Waals surface area contributed by atoms with Gasteiger partial charge in [-0.3, -0.25) is 9.59 Å². The first-order valence-electron chi connectivity index (χ1n) is 10.1. The summed E-state index contributed by atoms with van der Waals surface area (Å²) >= 11 is 0. The molecule has 0 bridgehead atoms. The third kappa shape index (κ3) is 4.86. The predicted molar refractivity (Wildman–Crippen MR) is 116 cm³/mol. The molecule has 0 spiro atoms. The zero-order chi connectivity index (χ0) is 21.6. The Morgan fingerprint density at radius 3 is 2.29 bits per heavy atom. The van der Waals surface area contributed by atoms with Crippen molar-refractivity contribution in [2.75, 3.05) is 6.79 Å². The van der Waals surface area contributed by atoms with Crippen molar-refractivity contribution in [2.45, 2.75) is 26.1 Å². The third-order valence-electron chi connectivity index (χ3n) is 5.18. The zero-order valence-corrected chi connectivity index (χ0v) is 17.3. The van der Waals surface area contributed by atoms with Crippen molar-refractivity contribution in [3.8, 4) is 11.5 Å². The van der Waals surface area contributed by atoms with E-state index in [1.165, 1.54) is 6.92 Å². The fourth-order valence-corrected chi connectivity index (χ4v) is 3.61. The van der Waals surface area contributed by atoms with E-state index in [2.05, 4.69) is 5.32 Å². The van der Waals surface area contributed by atoms with E-state index in [4.69, 9.17) is 9.47 Å². The molecule has 1 N–H and O–H groups in total. The van der Waals surface area contributed by atoms with Gasteiger partial charge in [-0.05, 0) is 28.8 Å².